The molecule has 5 nitrogen and oxygen atoms in total. The lowest BCUT2D eigenvalue weighted by Gasteiger charge is -2.36. The van der Waals surface area contributed by atoms with Crippen molar-refractivity contribution >= 4 is 5.91 Å². The van der Waals surface area contributed by atoms with Crippen molar-refractivity contribution in [3.8, 4) is 0 Å². The molecule has 2 aliphatic heterocycles. The van der Waals surface area contributed by atoms with Gasteiger partial charge in [0, 0.05) is 39.1 Å². The van der Waals surface area contributed by atoms with Gasteiger partial charge in [0.25, 0.3) is 0 Å². The Balaban J connectivity index is 1.73. The van der Waals surface area contributed by atoms with E-state index in [9.17, 15) is 9.90 Å². The summed E-state index contributed by atoms with van der Waals surface area (Å²) >= 11 is 0. The van der Waals surface area contributed by atoms with Crippen LogP contribution < -0.4 is 10.6 Å². The third-order valence-electron chi connectivity index (χ3n) is 3.73. The third-order valence-corrected chi connectivity index (χ3v) is 3.73. The van der Waals surface area contributed by atoms with Crippen LogP contribution in [0.1, 0.15) is 26.2 Å². The van der Waals surface area contributed by atoms with Crippen LogP contribution in [0, 0.1) is 0 Å². The van der Waals surface area contributed by atoms with Gasteiger partial charge in [-0.2, -0.15) is 0 Å². The molecule has 0 radical (unpaired) electrons. The van der Waals surface area contributed by atoms with Crippen molar-refractivity contribution in [2.45, 2.75) is 37.8 Å². The number of likely N-dealkylation sites (tertiary alicyclic amines) is 1. The predicted molar refractivity (Wildman–Crippen MR) is 65.7 cm³/mol. The molecule has 0 spiro atoms. The van der Waals surface area contributed by atoms with Gasteiger partial charge in [-0.3, -0.25) is 4.79 Å². The van der Waals surface area contributed by atoms with Crippen molar-refractivity contribution in [1.82, 2.24) is 15.5 Å². The van der Waals surface area contributed by atoms with Crippen LogP contribution in [0.3, 0.4) is 0 Å². The Labute approximate surface area is 103 Å². The largest absolute Gasteiger partial charge is 0.387 e. The van der Waals surface area contributed by atoms with Gasteiger partial charge in [0.15, 0.2) is 0 Å². The highest BCUT2D eigenvalue weighted by molar-refractivity contribution is 5.73. The monoisotopic (exact) mass is 241 g/mol. The zero-order valence-corrected chi connectivity index (χ0v) is 10.5. The minimum atomic E-state index is -0.541. The smallest absolute Gasteiger partial charge is 0.217 e. The molecule has 17 heavy (non-hydrogen) atoms. The fourth-order valence-electron chi connectivity index (χ4n) is 2.80. The molecule has 0 bridgehead atoms. The summed E-state index contributed by atoms with van der Waals surface area (Å²) in [6.45, 7) is 5.88. The second kappa shape index (κ2) is 5.33. The Kier molecular flexibility index (Phi) is 4.01. The van der Waals surface area contributed by atoms with Crippen LogP contribution in [-0.2, 0) is 4.79 Å². The summed E-state index contributed by atoms with van der Waals surface area (Å²) in [5.41, 5.74) is -0.541. The minimum Gasteiger partial charge on any atom is -0.387 e. The molecular formula is C12H23N3O2. The number of rotatable bonds is 3. The van der Waals surface area contributed by atoms with E-state index in [0.29, 0.717) is 12.6 Å². The molecule has 0 aromatic heterocycles. The van der Waals surface area contributed by atoms with E-state index in [1.54, 1.807) is 6.92 Å². The first-order valence-corrected chi connectivity index (χ1v) is 6.50. The van der Waals surface area contributed by atoms with E-state index in [-0.39, 0.29) is 5.91 Å². The molecule has 2 fully saturated rings. The lowest BCUT2D eigenvalue weighted by atomic mass is 9.99. The fourth-order valence-corrected chi connectivity index (χ4v) is 2.80. The fraction of sp³-hybridized carbons (Fsp3) is 0.917. The number of hydrogen-bond donors (Lipinski definition) is 3. The van der Waals surface area contributed by atoms with Crippen LogP contribution in [0.25, 0.3) is 0 Å². The number of aliphatic hydroxyl groups is 1. The van der Waals surface area contributed by atoms with Crippen molar-refractivity contribution in [3.05, 3.63) is 0 Å². The maximum Gasteiger partial charge on any atom is 0.217 e. The lowest BCUT2D eigenvalue weighted by molar-refractivity contribution is -0.120. The Morgan fingerprint density at radius 1 is 1.53 bits per heavy atom. The van der Waals surface area contributed by atoms with Gasteiger partial charge < -0.3 is 20.6 Å². The number of carbonyl (C=O) groups excluding carboxylic acids is 1. The van der Waals surface area contributed by atoms with Crippen molar-refractivity contribution in [2.24, 2.45) is 0 Å². The summed E-state index contributed by atoms with van der Waals surface area (Å²) in [5, 5.41) is 16.4. The molecule has 0 aliphatic carbocycles. The van der Waals surface area contributed by atoms with Crippen LogP contribution in [-0.4, -0.2) is 60.3 Å². The topological polar surface area (TPSA) is 64.6 Å². The number of nitrogens with zero attached hydrogens (tertiary/aromatic N) is 1. The van der Waals surface area contributed by atoms with E-state index in [4.69, 9.17) is 0 Å². The molecule has 0 aromatic carbocycles. The number of hydrogen-bond acceptors (Lipinski definition) is 4. The normalized spacial score (nSPS) is 31.6. The van der Waals surface area contributed by atoms with Crippen molar-refractivity contribution < 1.29 is 9.90 Å². The van der Waals surface area contributed by atoms with Crippen molar-refractivity contribution in [1.29, 1.82) is 0 Å². The molecule has 0 unspecified atom stereocenters. The van der Waals surface area contributed by atoms with Crippen LogP contribution in [0.4, 0.5) is 0 Å². The molecule has 2 heterocycles. The molecule has 1 amide bonds. The number of carbonyl (C=O) groups is 1. The molecule has 3 N–H and O–H groups in total. The van der Waals surface area contributed by atoms with E-state index < -0.39 is 5.60 Å². The number of amides is 1. The standard InChI is InChI=1S/C12H23N3O2/c1-10(16)14-11-2-6-15(7-3-11)9-12(17)4-5-13-8-12/h11,13,17H,2-9H2,1H3,(H,14,16)/t12-/m1/s1. The van der Waals surface area contributed by atoms with Crippen molar-refractivity contribution in [3.63, 3.8) is 0 Å². The molecule has 2 rings (SSSR count). The highest BCUT2D eigenvalue weighted by atomic mass is 16.3. The second-order valence-corrected chi connectivity index (χ2v) is 5.40. The van der Waals surface area contributed by atoms with Gasteiger partial charge in [-0.05, 0) is 25.8 Å². The zero-order valence-electron chi connectivity index (χ0n) is 10.5. The average molecular weight is 241 g/mol. The quantitative estimate of drug-likeness (QED) is 0.612. The molecule has 5 heteroatoms. The molecule has 0 aromatic rings. The van der Waals surface area contributed by atoms with Gasteiger partial charge in [0.05, 0.1) is 5.60 Å². The van der Waals surface area contributed by atoms with Crippen molar-refractivity contribution in [2.75, 3.05) is 32.7 Å². The first-order chi connectivity index (χ1) is 8.07. The van der Waals surface area contributed by atoms with Gasteiger partial charge in [-0.15, -0.1) is 0 Å². The van der Waals surface area contributed by atoms with Gasteiger partial charge in [-0.1, -0.05) is 0 Å². The predicted octanol–water partition coefficient (Wildman–Crippen LogP) is -0.689. The molecule has 2 saturated heterocycles. The maximum atomic E-state index is 11.0. The lowest BCUT2D eigenvalue weighted by Crippen LogP contribution is -2.50. The molecule has 98 valence electrons. The van der Waals surface area contributed by atoms with Crippen LogP contribution in [0.2, 0.25) is 0 Å². The number of nitrogens with one attached hydrogen (secondary N) is 2. The Bertz CT molecular complexity index is 269. The summed E-state index contributed by atoms with van der Waals surface area (Å²) in [6, 6.07) is 0.320. The van der Waals surface area contributed by atoms with E-state index >= 15 is 0 Å². The highest BCUT2D eigenvalue weighted by Gasteiger charge is 2.34. The Morgan fingerprint density at radius 3 is 2.76 bits per heavy atom. The van der Waals surface area contributed by atoms with E-state index in [1.807, 2.05) is 0 Å². The summed E-state index contributed by atoms with van der Waals surface area (Å²) < 4.78 is 0. The van der Waals surface area contributed by atoms with Gasteiger partial charge in [-0.25, -0.2) is 0 Å². The van der Waals surface area contributed by atoms with Crippen LogP contribution >= 0.6 is 0 Å². The van der Waals surface area contributed by atoms with Gasteiger partial charge in [0.2, 0.25) is 5.91 Å². The van der Waals surface area contributed by atoms with E-state index in [2.05, 4.69) is 15.5 Å². The number of piperidine rings is 1. The Morgan fingerprint density at radius 2 is 2.24 bits per heavy atom. The first kappa shape index (κ1) is 12.8. The van der Waals surface area contributed by atoms with Crippen LogP contribution in [0.15, 0.2) is 0 Å². The molecule has 2 aliphatic rings. The summed E-state index contributed by atoms with van der Waals surface area (Å²) in [4.78, 5) is 13.3. The molecule has 1 atom stereocenters. The van der Waals surface area contributed by atoms with E-state index in [0.717, 1.165) is 45.4 Å². The van der Waals surface area contributed by atoms with E-state index in [1.165, 1.54) is 0 Å². The summed E-state index contributed by atoms with van der Waals surface area (Å²) in [7, 11) is 0. The second-order valence-electron chi connectivity index (χ2n) is 5.40. The molecule has 0 saturated carbocycles. The van der Waals surface area contributed by atoms with Crippen LogP contribution in [0.5, 0.6) is 0 Å². The third kappa shape index (κ3) is 3.66. The van der Waals surface area contributed by atoms with Gasteiger partial charge in [0.1, 0.15) is 0 Å². The van der Waals surface area contributed by atoms with Gasteiger partial charge >= 0.3 is 0 Å². The first-order valence-electron chi connectivity index (χ1n) is 6.50. The summed E-state index contributed by atoms with van der Waals surface area (Å²) in [6.07, 6.45) is 2.82. The SMILES string of the molecule is CC(=O)NC1CCN(C[C@@]2(O)CCNC2)CC1. The highest BCUT2D eigenvalue weighted by Crippen LogP contribution is 2.19. The Hall–Kier alpha value is -0.650. The molecular weight excluding hydrogens is 218 g/mol. The summed E-state index contributed by atoms with van der Waals surface area (Å²) in [5.74, 6) is 0.0575. The number of β-amino-alcohol motifs (C(OH)–C–C–N with tert-alkyl or cyclic N) is 1. The average Bonchev–Trinajstić information content (AvgIpc) is 2.67. The maximum absolute atomic E-state index is 11.0. The zero-order chi connectivity index (χ0) is 12.3. The minimum absolute atomic E-state index is 0.0575.